The molecule has 4 rings (SSSR count). The first-order chi connectivity index (χ1) is 12.0. The molecule has 1 N–H and O–H groups in total. The van der Waals surface area contributed by atoms with Gasteiger partial charge in [0, 0.05) is 35.2 Å². The third kappa shape index (κ3) is 2.62. The fourth-order valence-corrected chi connectivity index (χ4v) is 3.70. The smallest absolute Gasteiger partial charge is 0.269 e. The quantitative estimate of drug-likeness (QED) is 0.528. The van der Waals surface area contributed by atoms with Gasteiger partial charge in [-0.05, 0) is 34.0 Å². The number of fused-ring (bicyclic) bond motifs is 3. The van der Waals surface area contributed by atoms with E-state index in [-0.39, 0.29) is 23.9 Å². The van der Waals surface area contributed by atoms with Crippen molar-refractivity contribution in [2.75, 3.05) is 5.32 Å². The Bertz CT molecular complexity index is 1030. The standard InChI is InChI=1S/C19H13ClN2O3/c20-16-7-6-12(22(24)25)9-14(16)15-10-18(23)21-17-8-5-11-3-1-2-4-13(11)19(15)17/h1-9,15H,10H2,(H,21,23)/t15-/m1/s1. The lowest BCUT2D eigenvalue weighted by Gasteiger charge is -2.28. The van der Waals surface area contributed by atoms with Gasteiger partial charge in [0.05, 0.1) is 4.92 Å². The van der Waals surface area contributed by atoms with Gasteiger partial charge in [-0.15, -0.1) is 0 Å². The van der Waals surface area contributed by atoms with Crippen LogP contribution in [-0.4, -0.2) is 10.8 Å². The number of carbonyl (C=O) groups is 1. The van der Waals surface area contributed by atoms with E-state index in [1.54, 1.807) is 0 Å². The molecular formula is C19H13ClN2O3. The molecule has 0 aromatic heterocycles. The Kier molecular flexibility index (Phi) is 3.66. The molecule has 0 radical (unpaired) electrons. The van der Waals surface area contributed by atoms with Crippen LogP contribution in [0.1, 0.15) is 23.5 Å². The zero-order valence-corrected chi connectivity index (χ0v) is 13.8. The molecule has 3 aromatic carbocycles. The number of amides is 1. The molecule has 1 aliphatic heterocycles. The van der Waals surface area contributed by atoms with Gasteiger partial charge in [-0.1, -0.05) is 41.9 Å². The molecule has 0 saturated heterocycles. The first-order valence-corrected chi connectivity index (χ1v) is 8.18. The molecule has 0 bridgehead atoms. The van der Waals surface area contributed by atoms with Gasteiger partial charge < -0.3 is 5.32 Å². The number of carbonyl (C=O) groups excluding carboxylic acids is 1. The summed E-state index contributed by atoms with van der Waals surface area (Å²) >= 11 is 6.35. The Balaban J connectivity index is 1.99. The predicted octanol–water partition coefficient (Wildman–Crippen LogP) is 4.88. The molecule has 25 heavy (non-hydrogen) atoms. The molecule has 5 nitrogen and oxygen atoms in total. The topological polar surface area (TPSA) is 72.2 Å². The van der Waals surface area contributed by atoms with Crippen LogP contribution in [0.2, 0.25) is 5.02 Å². The van der Waals surface area contributed by atoms with Crippen molar-refractivity contribution in [3.8, 4) is 0 Å². The minimum Gasteiger partial charge on any atom is -0.326 e. The third-order valence-corrected chi connectivity index (χ3v) is 4.89. The number of anilines is 1. The molecule has 124 valence electrons. The SMILES string of the molecule is O=C1C[C@H](c2cc([N+](=O)[O-])ccc2Cl)c2c(ccc3ccccc23)N1. The van der Waals surface area contributed by atoms with Crippen LogP contribution in [0.25, 0.3) is 10.8 Å². The average Bonchev–Trinajstić information content (AvgIpc) is 2.60. The van der Waals surface area contributed by atoms with Gasteiger partial charge in [-0.25, -0.2) is 0 Å². The lowest BCUT2D eigenvalue weighted by atomic mass is 9.82. The summed E-state index contributed by atoms with van der Waals surface area (Å²) in [6.07, 6.45) is 0.196. The highest BCUT2D eigenvalue weighted by Gasteiger charge is 2.30. The fourth-order valence-electron chi connectivity index (χ4n) is 3.45. The maximum absolute atomic E-state index is 12.2. The zero-order valence-electron chi connectivity index (χ0n) is 13.0. The van der Waals surface area contributed by atoms with E-state index in [4.69, 9.17) is 11.6 Å². The van der Waals surface area contributed by atoms with E-state index in [2.05, 4.69) is 5.32 Å². The first kappa shape index (κ1) is 15.6. The lowest BCUT2D eigenvalue weighted by molar-refractivity contribution is -0.384. The molecule has 0 aliphatic carbocycles. The van der Waals surface area contributed by atoms with Crippen molar-refractivity contribution in [1.82, 2.24) is 0 Å². The second-order valence-corrected chi connectivity index (χ2v) is 6.42. The highest BCUT2D eigenvalue weighted by Crippen LogP contribution is 2.44. The number of halogens is 1. The third-order valence-electron chi connectivity index (χ3n) is 4.55. The van der Waals surface area contributed by atoms with Crippen molar-refractivity contribution in [3.63, 3.8) is 0 Å². The Morgan fingerprint density at radius 3 is 2.72 bits per heavy atom. The van der Waals surface area contributed by atoms with Crippen molar-refractivity contribution in [1.29, 1.82) is 0 Å². The second kappa shape index (κ2) is 5.86. The Morgan fingerprint density at radius 1 is 1.12 bits per heavy atom. The molecule has 0 saturated carbocycles. The molecule has 3 aromatic rings. The van der Waals surface area contributed by atoms with Gasteiger partial charge in [0.15, 0.2) is 0 Å². The number of hydrogen-bond donors (Lipinski definition) is 1. The Morgan fingerprint density at radius 2 is 1.92 bits per heavy atom. The zero-order chi connectivity index (χ0) is 17.6. The van der Waals surface area contributed by atoms with Crippen molar-refractivity contribution >= 4 is 39.7 Å². The monoisotopic (exact) mass is 352 g/mol. The predicted molar refractivity (Wildman–Crippen MR) is 97.1 cm³/mol. The van der Waals surface area contributed by atoms with Crippen LogP contribution >= 0.6 is 11.6 Å². The number of nitrogens with zero attached hydrogens (tertiary/aromatic N) is 1. The maximum atomic E-state index is 12.2. The largest absolute Gasteiger partial charge is 0.326 e. The molecule has 1 amide bonds. The average molecular weight is 353 g/mol. The van der Waals surface area contributed by atoms with Crippen LogP contribution in [0.5, 0.6) is 0 Å². The normalized spacial score (nSPS) is 16.4. The fraction of sp³-hybridized carbons (Fsp3) is 0.105. The number of benzene rings is 3. The van der Waals surface area contributed by atoms with Crippen LogP contribution in [-0.2, 0) is 4.79 Å². The summed E-state index contributed by atoms with van der Waals surface area (Å²) in [6.45, 7) is 0. The summed E-state index contributed by atoms with van der Waals surface area (Å²) in [7, 11) is 0. The highest BCUT2D eigenvalue weighted by molar-refractivity contribution is 6.31. The van der Waals surface area contributed by atoms with Crippen LogP contribution in [0.3, 0.4) is 0 Å². The minimum atomic E-state index is -0.452. The summed E-state index contributed by atoms with van der Waals surface area (Å²) < 4.78 is 0. The van der Waals surface area contributed by atoms with Crippen molar-refractivity contribution in [2.24, 2.45) is 0 Å². The number of nitro benzene ring substituents is 1. The van der Waals surface area contributed by atoms with E-state index in [0.29, 0.717) is 10.6 Å². The molecule has 0 unspecified atom stereocenters. The molecular weight excluding hydrogens is 340 g/mol. The maximum Gasteiger partial charge on any atom is 0.269 e. The highest BCUT2D eigenvalue weighted by atomic mass is 35.5. The van der Waals surface area contributed by atoms with Crippen molar-refractivity contribution in [2.45, 2.75) is 12.3 Å². The van der Waals surface area contributed by atoms with E-state index in [1.165, 1.54) is 18.2 Å². The first-order valence-electron chi connectivity index (χ1n) is 7.80. The van der Waals surface area contributed by atoms with E-state index in [9.17, 15) is 14.9 Å². The van der Waals surface area contributed by atoms with Gasteiger partial charge in [-0.2, -0.15) is 0 Å². The summed E-state index contributed by atoms with van der Waals surface area (Å²) in [4.78, 5) is 22.9. The van der Waals surface area contributed by atoms with Crippen LogP contribution in [0, 0.1) is 10.1 Å². The van der Waals surface area contributed by atoms with Crippen LogP contribution in [0.4, 0.5) is 11.4 Å². The summed E-state index contributed by atoms with van der Waals surface area (Å²) in [6, 6.07) is 16.1. The number of nitrogens with one attached hydrogen (secondary N) is 1. The second-order valence-electron chi connectivity index (χ2n) is 6.02. The van der Waals surface area contributed by atoms with E-state index < -0.39 is 4.92 Å². The molecule has 0 fully saturated rings. The van der Waals surface area contributed by atoms with Crippen LogP contribution in [0.15, 0.2) is 54.6 Å². The molecule has 1 heterocycles. The van der Waals surface area contributed by atoms with Gasteiger partial charge in [0.25, 0.3) is 5.69 Å². The van der Waals surface area contributed by atoms with Gasteiger partial charge in [0.1, 0.15) is 0 Å². The van der Waals surface area contributed by atoms with E-state index in [1.807, 2.05) is 36.4 Å². The number of non-ortho nitro benzene ring substituents is 1. The molecule has 6 heteroatoms. The minimum absolute atomic E-state index is 0.0350. The summed E-state index contributed by atoms with van der Waals surface area (Å²) in [5, 5.41) is 16.5. The molecule has 0 spiro atoms. The van der Waals surface area contributed by atoms with Crippen LogP contribution < -0.4 is 5.32 Å². The number of rotatable bonds is 2. The van der Waals surface area contributed by atoms with Gasteiger partial charge >= 0.3 is 0 Å². The lowest BCUT2D eigenvalue weighted by Crippen LogP contribution is -2.24. The van der Waals surface area contributed by atoms with E-state index in [0.717, 1.165) is 22.0 Å². The van der Waals surface area contributed by atoms with Gasteiger partial charge in [-0.3, -0.25) is 14.9 Å². The number of nitro groups is 1. The summed E-state index contributed by atoms with van der Waals surface area (Å²) in [5.41, 5.74) is 2.23. The molecule has 1 atom stereocenters. The molecule has 1 aliphatic rings. The van der Waals surface area contributed by atoms with Gasteiger partial charge in [0.2, 0.25) is 5.91 Å². The van der Waals surface area contributed by atoms with Crippen molar-refractivity contribution < 1.29 is 9.72 Å². The van der Waals surface area contributed by atoms with E-state index >= 15 is 0 Å². The summed E-state index contributed by atoms with van der Waals surface area (Å²) in [5.74, 6) is -0.461. The number of hydrogen-bond acceptors (Lipinski definition) is 3. The Hall–Kier alpha value is -2.92. The Labute approximate surface area is 148 Å². The van der Waals surface area contributed by atoms with Crippen molar-refractivity contribution in [3.05, 3.63) is 80.9 Å².